The molecule has 1 amide bonds. The number of ether oxygens (including phenoxy) is 3. The lowest BCUT2D eigenvalue weighted by Crippen LogP contribution is -2.69. The molecule has 2 N–H and O–H groups in total. The maximum absolute atomic E-state index is 13.7. The van der Waals surface area contributed by atoms with Gasteiger partial charge < -0.3 is 29.3 Å². The normalized spacial score (nSPS) is 42.0. The number of rotatable bonds is 6. The van der Waals surface area contributed by atoms with Gasteiger partial charge in [0.1, 0.15) is 17.0 Å². The molecule has 9 atom stereocenters. The zero-order valence-corrected chi connectivity index (χ0v) is 27.5. The molecule has 3 aliphatic carbocycles. The van der Waals surface area contributed by atoms with Crippen LogP contribution in [0.1, 0.15) is 80.6 Å². The molecule has 1 aliphatic heterocycles. The van der Waals surface area contributed by atoms with E-state index in [1.54, 1.807) is 18.1 Å². The number of esters is 1. The summed E-state index contributed by atoms with van der Waals surface area (Å²) in [6, 6.07) is -0.236. The average Bonchev–Trinajstić information content (AvgIpc) is 3.27. The standard InChI is InChI=1S/C33H54N2O8/c1-10-30(6)17-24(37)32(8)26-23(36)11-12-33(26,21(2)27(30)39)14-13-31(32,7)42-25(38)19-34-15-16-35(18-22(34)20-41-9)28(40)43-29(3,4)5/h10,21-22,24,26-27,37,39H,1,11-20H2,2-9H3. The van der Waals surface area contributed by atoms with Crippen LogP contribution in [0.3, 0.4) is 0 Å². The Kier molecular flexibility index (Phi) is 9.24. The van der Waals surface area contributed by atoms with Gasteiger partial charge in [0.25, 0.3) is 0 Å². The fourth-order valence-electron chi connectivity index (χ4n) is 8.87. The molecule has 9 unspecified atom stereocenters. The molecule has 1 heterocycles. The molecule has 0 aromatic heterocycles. The van der Waals surface area contributed by atoms with Crippen molar-refractivity contribution in [1.29, 1.82) is 0 Å². The van der Waals surface area contributed by atoms with Crippen molar-refractivity contribution < 1.29 is 38.8 Å². The number of amides is 1. The second-order valence-electron chi connectivity index (χ2n) is 15.3. The molecule has 10 heteroatoms. The van der Waals surface area contributed by atoms with Gasteiger partial charge in [-0.1, -0.05) is 26.8 Å². The molecule has 43 heavy (non-hydrogen) atoms. The van der Waals surface area contributed by atoms with Crippen LogP contribution in [0.2, 0.25) is 0 Å². The maximum Gasteiger partial charge on any atom is 0.410 e. The van der Waals surface area contributed by atoms with Crippen LogP contribution in [0.15, 0.2) is 12.7 Å². The number of carbonyl (C=O) groups excluding carboxylic acids is 3. The third-order valence-corrected chi connectivity index (χ3v) is 11.7. The Morgan fingerprint density at radius 3 is 2.40 bits per heavy atom. The number of hydrogen-bond acceptors (Lipinski definition) is 9. The van der Waals surface area contributed by atoms with Crippen molar-refractivity contribution in [3.05, 3.63) is 12.7 Å². The predicted octanol–water partition coefficient (Wildman–Crippen LogP) is 3.58. The highest BCUT2D eigenvalue weighted by Gasteiger charge is 2.72. The fourth-order valence-corrected chi connectivity index (χ4v) is 8.87. The van der Waals surface area contributed by atoms with E-state index in [4.69, 9.17) is 14.2 Å². The van der Waals surface area contributed by atoms with Crippen LogP contribution in [0.5, 0.6) is 0 Å². The van der Waals surface area contributed by atoms with Crippen LogP contribution in [0.4, 0.5) is 4.79 Å². The summed E-state index contributed by atoms with van der Waals surface area (Å²) in [5.41, 5.74) is -4.05. The minimum absolute atomic E-state index is 0.0127. The SMILES string of the molecule is C=CC1(C)CC(O)C2(C)C3C(=O)CCC3(CCC2(C)OC(=O)CN2CCN(C(=O)OC(C)(C)C)CC2COC)C(C)C1O. The molecule has 0 spiro atoms. The molecule has 244 valence electrons. The number of Topliss-reactive ketones (excluding diaryl/α,β-unsaturated/α-hetero) is 1. The Hall–Kier alpha value is -2.01. The second kappa shape index (κ2) is 11.7. The van der Waals surface area contributed by atoms with E-state index in [9.17, 15) is 24.6 Å². The summed E-state index contributed by atoms with van der Waals surface area (Å²) in [6.07, 6.45) is 1.88. The van der Waals surface area contributed by atoms with Gasteiger partial charge in [-0.05, 0) is 64.7 Å². The Labute approximate surface area is 257 Å². The number of ketones is 1. The Bertz CT molecular complexity index is 1110. The molecule has 3 saturated carbocycles. The van der Waals surface area contributed by atoms with Crippen molar-refractivity contribution in [1.82, 2.24) is 9.80 Å². The molecule has 0 radical (unpaired) electrons. The number of piperazine rings is 1. The number of carbonyl (C=O) groups is 3. The largest absolute Gasteiger partial charge is 0.458 e. The highest BCUT2D eigenvalue weighted by atomic mass is 16.6. The van der Waals surface area contributed by atoms with E-state index in [0.717, 1.165) is 0 Å². The zero-order valence-electron chi connectivity index (χ0n) is 27.5. The molecule has 2 bridgehead atoms. The van der Waals surface area contributed by atoms with Crippen molar-refractivity contribution in [2.75, 3.05) is 39.9 Å². The summed E-state index contributed by atoms with van der Waals surface area (Å²) in [4.78, 5) is 43.7. The first-order valence-electron chi connectivity index (χ1n) is 15.8. The van der Waals surface area contributed by atoms with Crippen molar-refractivity contribution >= 4 is 17.8 Å². The van der Waals surface area contributed by atoms with Crippen LogP contribution in [-0.2, 0) is 23.8 Å². The molecule has 4 fully saturated rings. The van der Waals surface area contributed by atoms with Crippen molar-refractivity contribution in [2.24, 2.45) is 28.1 Å². The lowest BCUT2D eigenvalue weighted by molar-refractivity contribution is -0.253. The number of aliphatic hydroxyl groups excluding tert-OH is 2. The number of nitrogens with zero attached hydrogens (tertiary/aromatic N) is 2. The van der Waals surface area contributed by atoms with Gasteiger partial charge in [0.2, 0.25) is 0 Å². The van der Waals surface area contributed by atoms with Crippen LogP contribution in [0, 0.1) is 28.1 Å². The monoisotopic (exact) mass is 606 g/mol. The Balaban J connectivity index is 1.58. The van der Waals surface area contributed by atoms with E-state index < -0.39 is 57.6 Å². The molecule has 0 aromatic carbocycles. The summed E-state index contributed by atoms with van der Waals surface area (Å²) in [5, 5.41) is 23.5. The Morgan fingerprint density at radius 1 is 1.12 bits per heavy atom. The van der Waals surface area contributed by atoms with E-state index >= 15 is 0 Å². The van der Waals surface area contributed by atoms with E-state index in [2.05, 4.69) is 6.58 Å². The maximum atomic E-state index is 13.7. The van der Waals surface area contributed by atoms with Gasteiger partial charge in [-0.15, -0.1) is 6.58 Å². The minimum Gasteiger partial charge on any atom is -0.458 e. The van der Waals surface area contributed by atoms with E-state index in [1.165, 1.54) is 0 Å². The summed E-state index contributed by atoms with van der Waals surface area (Å²) >= 11 is 0. The van der Waals surface area contributed by atoms with Gasteiger partial charge in [-0.25, -0.2) is 4.79 Å². The van der Waals surface area contributed by atoms with Crippen LogP contribution >= 0.6 is 0 Å². The van der Waals surface area contributed by atoms with Crippen LogP contribution in [-0.4, -0.2) is 107 Å². The van der Waals surface area contributed by atoms with E-state index in [1.807, 2.05) is 53.4 Å². The van der Waals surface area contributed by atoms with E-state index in [0.29, 0.717) is 51.9 Å². The molecule has 0 aromatic rings. The second-order valence-corrected chi connectivity index (χ2v) is 15.3. The molecular weight excluding hydrogens is 552 g/mol. The molecule has 10 nitrogen and oxygen atoms in total. The summed E-state index contributed by atoms with van der Waals surface area (Å²) < 4.78 is 17.4. The third kappa shape index (κ3) is 5.77. The zero-order chi connectivity index (χ0) is 32.2. The lowest BCUT2D eigenvalue weighted by Gasteiger charge is -2.64. The number of methoxy groups -OCH3 is 1. The van der Waals surface area contributed by atoms with E-state index in [-0.39, 0.29) is 30.7 Å². The van der Waals surface area contributed by atoms with Crippen molar-refractivity contribution in [3.8, 4) is 0 Å². The van der Waals surface area contributed by atoms with Gasteiger partial charge in [0, 0.05) is 49.9 Å². The summed E-state index contributed by atoms with van der Waals surface area (Å²) in [6.45, 7) is 18.7. The van der Waals surface area contributed by atoms with Gasteiger partial charge in [-0.3, -0.25) is 14.5 Å². The highest BCUT2D eigenvalue weighted by Crippen LogP contribution is 2.69. The van der Waals surface area contributed by atoms with Crippen molar-refractivity contribution in [2.45, 2.75) is 110 Å². The van der Waals surface area contributed by atoms with Crippen LogP contribution in [0.25, 0.3) is 0 Å². The molecular formula is C33H54N2O8. The first-order valence-corrected chi connectivity index (χ1v) is 15.8. The van der Waals surface area contributed by atoms with Gasteiger partial charge in [0.05, 0.1) is 31.4 Å². The summed E-state index contributed by atoms with van der Waals surface area (Å²) in [7, 11) is 1.59. The van der Waals surface area contributed by atoms with Crippen LogP contribution < -0.4 is 0 Å². The molecule has 4 rings (SSSR count). The highest BCUT2D eigenvalue weighted by molar-refractivity contribution is 5.86. The fraction of sp³-hybridized carbons (Fsp3) is 0.848. The summed E-state index contributed by atoms with van der Waals surface area (Å²) in [5.74, 6) is -1.11. The Morgan fingerprint density at radius 2 is 1.79 bits per heavy atom. The predicted molar refractivity (Wildman–Crippen MR) is 161 cm³/mol. The lowest BCUT2D eigenvalue weighted by atomic mass is 9.42. The van der Waals surface area contributed by atoms with Crippen molar-refractivity contribution in [3.63, 3.8) is 0 Å². The molecule has 4 aliphatic rings. The van der Waals surface area contributed by atoms with Gasteiger partial charge in [-0.2, -0.15) is 0 Å². The average molecular weight is 607 g/mol. The number of aliphatic hydroxyl groups is 2. The third-order valence-electron chi connectivity index (χ3n) is 11.7. The number of hydrogen-bond donors (Lipinski definition) is 2. The van der Waals surface area contributed by atoms with Gasteiger partial charge in [0.15, 0.2) is 0 Å². The smallest absolute Gasteiger partial charge is 0.410 e. The van der Waals surface area contributed by atoms with Gasteiger partial charge >= 0.3 is 12.1 Å². The first kappa shape index (κ1) is 33.9. The molecule has 1 saturated heterocycles. The quantitative estimate of drug-likeness (QED) is 0.345. The first-order chi connectivity index (χ1) is 19.9. The topological polar surface area (TPSA) is 126 Å². The minimum atomic E-state index is -1.11.